The van der Waals surface area contributed by atoms with Gasteiger partial charge in [0.05, 0.1) is 11.3 Å². The Bertz CT molecular complexity index is 951. The summed E-state index contributed by atoms with van der Waals surface area (Å²) >= 11 is 0. The van der Waals surface area contributed by atoms with Gasteiger partial charge in [0, 0.05) is 50.2 Å². The molecule has 0 radical (unpaired) electrons. The van der Waals surface area contributed by atoms with E-state index < -0.39 is 0 Å². The molecule has 4 rings (SSSR count). The molecule has 1 aliphatic rings. The lowest BCUT2D eigenvalue weighted by Crippen LogP contribution is -2.39. The summed E-state index contributed by atoms with van der Waals surface area (Å²) in [5.74, 6) is 0.949. The van der Waals surface area contributed by atoms with E-state index in [4.69, 9.17) is 0 Å². The van der Waals surface area contributed by atoms with Crippen LogP contribution in [0.2, 0.25) is 0 Å². The highest BCUT2D eigenvalue weighted by molar-refractivity contribution is 5.94. The van der Waals surface area contributed by atoms with Crippen LogP contribution < -0.4 is 0 Å². The van der Waals surface area contributed by atoms with Crippen molar-refractivity contribution in [1.29, 1.82) is 0 Å². The maximum atomic E-state index is 13.4. The van der Waals surface area contributed by atoms with E-state index in [2.05, 4.69) is 9.97 Å². The molecule has 0 N–H and O–H groups in total. The van der Waals surface area contributed by atoms with Crippen LogP contribution in [0.5, 0.6) is 0 Å². The van der Waals surface area contributed by atoms with Crippen molar-refractivity contribution in [2.45, 2.75) is 18.8 Å². The van der Waals surface area contributed by atoms with Crippen LogP contribution in [0.3, 0.4) is 0 Å². The van der Waals surface area contributed by atoms with E-state index in [-0.39, 0.29) is 17.6 Å². The van der Waals surface area contributed by atoms with Crippen molar-refractivity contribution in [3.05, 3.63) is 72.2 Å². The highest BCUT2D eigenvalue weighted by Gasteiger charge is 2.27. The van der Waals surface area contributed by atoms with Crippen LogP contribution in [-0.4, -0.2) is 38.4 Å². The first-order valence-electron chi connectivity index (χ1n) is 9.10. The molecule has 5 nitrogen and oxygen atoms in total. The van der Waals surface area contributed by atoms with Crippen LogP contribution in [0, 0.1) is 5.82 Å². The zero-order valence-electron chi connectivity index (χ0n) is 15.2. The zero-order chi connectivity index (χ0) is 18.8. The van der Waals surface area contributed by atoms with E-state index in [0.29, 0.717) is 23.4 Å². The number of likely N-dealkylation sites (tertiary alicyclic amines) is 1. The molecule has 1 fully saturated rings. The minimum Gasteiger partial charge on any atom is -0.338 e. The van der Waals surface area contributed by atoms with Crippen LogP contribution in [-0.2, 0) is 7.05 Å². The summed E-state index contributed by atoms with van der Waals surface area (Å²) in [6, 6.07) is 9.82. The fraction of sp³-hybridized carbons (Fsp3) is 0.286. The lowest BCUT2D eigenvalue weighted by Gasteiger charge is -2.32. The van der Waals surface area contributed by atoms with Crippen molar-refractivity contribution in [3.63, 3.8) is 0 Å². The molecule has 2 aromatic heterocycles. The summed E-state index contributed by atoms with van der Waals surface area (Å²) in [6.07, 6.45) is 7.30. The molecule has 0 saturated carbocycles. The highest BCUT2D eigenvalue weighted by atomic mass is 19.1. The number of nitrogens with zero attached hydrogens (tertiary/aromatic N) is 4. The van der Waals surface area contributed by atoms with Crippen LogP contribution in [0.25, 0.3) is 11.3 Å². The van der Waals surface area contributed by atoms with Gasteiger partial charge in [0.25, 0.3) is 5.91 Å². The fourth-order valence-electron chi connectivity index (χ4n) is 3.66. The van der Waals surface area contributed by atoms with E-state index in [9.17, 15) is 9.18 Å². The van der Waals surface area contributed by atoms with Gasteiger partial charge in [-0.3, -0.25) is 9.78 Å². The Morgan fingerprint density at radius 2 is 2.11 bits per heavy atom. The minimum atomic E-state index is -0.303. The third-order valence-electron chi connectivity index (χ3n) is 5.06. The summed E-state index contributed by atoms with van der Waals surface area (Å²) in [6.45, 7) is 1.40. The Morgan fingerprint density at radius 1 is 1.22 bits per heavy atom. The number of hydrogen-bond acceptors (Lipinski definition) is 3. The van der Waals surface area contributed by atoms with Crippen LogP contribution in [0.15, 0.2) is 55.0 Å². The van der Waals surface area contributed by atoms with Gasteiger partial charge >= 0.3 is 0 Å². The van der Waals surface area contributed by atoms with E-state index >= 15 is 0 Å². The standard InChI is InChI=1S/C21H21FN4O/c1-25-11-9-23-20(25)17-5-3-10-26(14-17)21(27)16-7-8-19(24-13-16)15-4-2-6-18(22)12-15/h2,4,6-9,11-13,17H,3,5,10,14H2,1H3/t17-/m1/s1. The molecule has 0 unspecified atom stereocenters. The number of halogens is 1. The number of piperidine rings is 1. The number of rotatable bonds is 3. The second kappa shape index (κ2) is 7.31. The van der Waals surface area contributed by atoms with Crippen molar-refractivity contribution in [3.8, 4) is 11.3 Å². The van der Waals surface area contributed by atoms with E-state index in [1.807, 2.05) is 22.7 Å². The van der Waals surface area contributed by atoms with E-state index in [1.165, 1.54) is 12.1 Å². The van der Waals surface area contributed by atoms with Gasteiger partial charge in [-0.1, -0.05) is 12.1 Å². The second-order valence-electron chi connectivity index (χ2n) is 6.93. The van der Waals surface area contributed by atoms with Gasteiger partial charge in [0.2, 0.25) is 0 Å². The topological polar surface area (TPSA) is 51.0 Å². The number of imidazole rings is 1. The van der Waals surface area contributed by atoms with Crippen molar-refractivity contribution < 1.29 is 9.18 Å². The Kier molecular flexibility index (Phi) is 4.71. The Balaban J connectivity index is 1.50. The molecule has 6 heteroatoms. The summed E-state index contributed by atoms with van der Waals surface area (Å²) in [5.41, 5.74) is 1.90. The predicted octanol–water partition coefficient (Wildman–Crippen LogP) is 3.64. The molecule has 0 bridgehead atoms. The number of hydrogen-bond donors (Lipinski definition) is 0. The van der Waals surface area contributed by atoms with E-state index in [0.717, 1.165) is 25.2 Å². The average molecular weight is 364 g/mol. The number of carbonyl (C=O) groups excluding carboxylic acids is 1. The molecule has 1 saturated heterocycles. The maximum absolute atomic E-state index is 13.4. The quantitative estimate of drug-likeness (QED) is 0.713. The van der Waals surface area contributed by atoms with Crippen LogP contribution >= 0.6 is 0 Å². The number of aryl methyl sites for hydroxylation is 1. The SMILES string of the molecule is Cn1ccnc1[C@@H]1CCCN(C(=O)c2ccc(-c3cccc(F)c3)nc2)C1. The van der Waals surface area contributed by atoms with Gasteiger partial charge in [-0.25, -0.2) is 9.37 Å². The smallest absolute Gasteiger partial charge is 0.255 e. The van der Waals surface area contributed by atoms with Crippen molar-refractivity contribution in [2.75, 3.05) is 13.1 Å². The molecule has 1 aromatic carbocycles. The number of amides is 1. The number of benzene rings is 1. The predicted molar refractivity (Wildman–Crippen MR) is 101 cm³/mol. The minimum absolute atomic E-state index is 0.0211. The van der Waals surface area contributed by atoms with Gasteiger partial charge in [-0.2, -0.15) is 0 Å². The molecule has 1 amide bonds. The third kappa shape index (κ3) is 3.60. The molecule has 0 spiro atoms. The first-order valence-corrected chi connectivity index (χ1v) is 9.10. The summed E-state index contributed by atoms with van der Waals surface area (Å²) in [4.78, 5) is 23.6. The van der Waals surface area contributed by atoms with E-state index in [1.54, 1.807) is 36.7 Å². The Hall–Kier alpha value is -3.02. The first kappa shape index (κ1) is 17.4. The molecule has 27 heavy (non-hydrogen) atoms. The van der Waals surface area contributed by atoms with Gasteiger partial charge < -0.3 is 9.47 Å². The molecule has 1 atom stereocenters. The lowest BCUT2D eigenvalue weighted by atomic mass is 9.96. The third-order valence-corrected chi connectivity index (χ3v) is 5.06. The van der Waals surface area contributed by atoms with Crippen LogP contribution in [0.1, 0.15) is 34.9 Å². The molecule has 3 heterocycles. The Morgan fingerprint density at radius 3 is 2.81 bits per heavy atom. The molecule has 3 aromatic rings. The maximum Gasteiger partial charge on any atom is 0.255 e. The van der Waals surface area contributed by atoms with Gasteiger partial charge in [0.1, 0.15) is 11.6 Å². The number of aromatic nitrogens is 3. The Labute approximate surface area is 157 Å². The molecule has 138 valence electrons. The number of carbonyl (C=O) groups is 1. The zero-order valence-corrected chi connectivity index (χ0v) is 15.2. The molecule has 0 aliphatic carbocycles. The first-order chi connectivity index (χ1) is 13.1. The summed E-state index contributed by atoms with van der Waals surface area (Å²) in [7, 11) is 1.98. The monoisotopic (exact) mass is 364 g/mol. The van der Waals surface area contributed by atoms with Crippen molar-refractivity contribution in [1.82, 2.24) is 19.4 Å². The fourth-order valence-corrected chi connectivity index (χ4v) is 3.66. The van der Waals surface area contributed by atoms with Crippen molar-refractivity contribution in [2.24, 2.45) is 7.05 Å². The second-order valence-corrected chi connectivity index (χ2v) is 6.93. The molecule has 1 aliphatic heterocycles. The summed E-state index contributed by atoms with van der Waals surface area (Å²) in [5, 5.41) is 0. The van der Waals surface area contributed by atoms with Gasteiger partial charge in [0.15, 0.2) is 0 Å². The average Bonchev–Trinajstić information content (AvgIpc) is 3.13. The van der Waals surface area contributed by atoms with Crippen molar-refractivity contribution >= 4 is 5.91 Å². The normalized spacial score (nSPS) is 17.1. The van der Waals surface area contributed by atoms with Gasteiger partial charge in [-0.05, 0) is 37.1 Å². The van der Waals surface area contributed by atoms with Crippen LogP contribution in [0.4, 0.5) is 4.39 Å². The lowest BCUT2D eigenvalue weighted by molar-refractivity contribution is 0.0703. The molecular weight excluding hydrogens is 343 g/mol. The summed E-state index contributed by atoms with van der Waals surface area (Å²) < 4.78 is 15.4. The molecular formula is C21H21FN4O. The number of pyridine rings is 1. The highest BCUT2D eigenvalue weighted by Crippen LogP contribution is 2.26. The van der Waals surface area contributed by atoms with Gasteiger partial charge in [-0.15, -0.1) is 0 Å². The largest absolute Gasteiger partial charge is 0.338 e.